The fourth-order valence-corrected chi connectivity index (χ4v) is 4.98. The third-order valence-electron chi connectivity index (χ3n) is 6.14. The van der Waals surface area contributed by atoms with Gasteiger partial charge in [-0.1, -0.05) is 47.5 Å². The van der Waals surface area contributed by atoms with Gasteiger partial charge >= 0.3 is 5.97 Å². The minimum Gasteiger partial charge on any atom is -0.481 e. The summed E-state index contributed by atoms with van der Waals surface area (Å²) in [6.45, 7) is 3.80. The Morgan fingerprint density at radius 2 is 1.82 bits per heavy atom. The summed E-state index contributed by atoms with van der Waals surface area (Å²) in [6, 6.07) is 14.3. The van der Waals surface area contributed by atoms with Crippen molar-refractivity contribution in [3.8, 4) is 0 Å². The van der Waals surface area contributed by atoms with Crippen LogP contribution in [0.3, 0.4) is 0 Å². The summed E-state index contributed by atoms with van der Waals surface area (Å²) >= 11 is 12.4. The number of piperidine rings is 1. The Hall–Kier alpha value is -2.57. The van der Waals surface area contributed by atoms with Crippen molar-refractivity contribution in [3.05, 3.63) is 69.7 Å². The summed E-state index contributed by atoms with van der Waals surface area (Å²) in [5.41, 5.74) is 1.86. The molecular weight excluding hydrogens is 463 g/mol. The smallest absolute Gasteiger partial charge is 0.304 e. The average molecular weight is 491 g/mol. The van der Waals surface area contributed by atoms with Gasteiger partial charge in [-0.25, -0.2) is 0 Å². The molecule has 8 heteroatoms. The highest BCUT2D eigenvalue weighted by molar-refractivity contribution is 6.30. The minimum absolute atomic E-state index is 0.137. The van der Waals surface area contributed by atoms with Gasteiger partial charge in [0.25, 0.3) is 0 Å². The number of aliphatic carboxylic acids is 1. The Kier molecular flexibility index (Phi) is 8.38. The van der Waals surface area contributed by atoms with Crippen LogP contribution in [0.5, 0.6) is 0 Å². The standard InChI is InChI=1S/C25H28Cl2N2O4/c1-15(10-11-28-16(2)30)29-24(17-6-8-20(26)9-7-17)22(18-4-3-5-21(27)12-18)13-19(25(29)33)14-23(31)32/h3-9,12,15,19,22,24H,10-11,13-14H2,1-2H3,(H,28,30)(H,31,32). The number of carbonyl (C=O) groups is 3. The number of nitrogens with zero attached hydrogens (tertiary/aromatic N) is 1. The zero-order valence-corrected chi connectivity index (χ0v) is 20.1. The van der Waals surface area contributed by atoms with E-state index in [2.05, 4.69) is 5.32 Å². The van der Waals surface area contributed by atoms with E-state index in [0.717, 1.165) is 11.1 Å². The maximum absolute atomic E-state index is 13.6. The minimum atomic E-state index is -1.01. The number of carbonyl (C=O) groups excluding carboxylic acids is 2. The van der Waals surface area contributed by atoms with Crippen molar-refractivity contribution in [3.63, 3.8) is 0 Å². The zero-order chi connectivity index (χ0) is 24.1. The fraction of sp³-hybridized carbons (Fsp3) is 0.400. The van der Waals surface area contributed by atoms with Crippen LogP contribution in [0.1, 0.15) is 56.2 Å². The van der Waals surface area contributed by atoms with Crippen LogP contribution in [0.15, 0.2) is 48.5 Å². The number of carboxylic acids is 1. The van der Waals surface area contributed by atoms with Gasteiger partial charge in [0.1, 0.15) is 0 Å². The largest absolute Gasteiger partial charge is 0.481 e. The van der Waals surface area contributed by atoms with Crippen molar-refractivity contribution in [1.29, 1.82) is 0 Å². The number of likely N-dealkylation sites (tertiary alicyclic amines) is 1. The number of hydrogen-bond donors (Lipinski definition) is 2. The highest BCUT2D eigenvalue weighted by Gasteiger charge is 2.45. The summed E-state index contributed by atoms with van der Waals surface area (Å²) < 4.78 is 0. The SMILES string of the molecule is CC(=O)NCCC(C)N1C(=O)C(CC(=O)O)CC(c2cccc(Cl)c2)C1c1ccc(Cl)cc1. The lowest BCUT2D eigenvalue weighted by atomic mass is 9.74. The van der Waals surface area contributed by atoms with Crippen molar-refractivity contribution < 1.29 is 19.5 Å². The van der Waals surface area contributed by atoms with Gasteiger partial charge in [-0.15, -0.1) is 0 Å². The van der Waals surface area contributed by atoms with E-state index in [0.29, 0.717) is 29.4 Å². The molecule has 0 spiro atoms. The van der Waals surface area contributed by atoms with Crippen LogP contribution in [-0.2, 0) is 14.4 Å². The van der Waals surface area contributed by atoms with Crippen LogP contribution < -0.4 is 5.32 Å². The molecule has 0 saturated carbocycles. The Morgan fingerprint density at radius 3 is 2.42 bits per heavy atom. The molecule has 2 amide bonds. The van der Waals surface area contributed by atoms with Gasteiger partial charge in [0.15, 0.2) is 0 Å². The summed E-state index contributed by atoms with van der Waals surface area (Å²) in [4.78, 5) is 38.3. The molecular formula is C25H28Cl2N2O4. The van der Waals surface area contributed by atoms with Crippen molar-refractivity contribution in [2.24, 2.45) is 5.92 Å². The second-order valence-corrected chi connectivity index (χ2v) is 9.43. The maximum Gasteiger partial charge on any atom is 0.304 e. The molecule has 2 aromatic carbocycles. The predicted octanol–water partition coefficient (Wildman–Crippen LogP) is 5.06. The molecule has 2 aromatic rings. The van der Waals surface area contributed by atoms with Crippen LogP contribution in [0.2, 0.25) is 10.0 Å². The van der Waals surface area contributed by atoms with Gasteiger partial charge in [0, 0.05) is 41.4 Å². The summed E-state index contributed by atoms with van der Waals surface area (Å²) in [6.07, 6.45) is 0.698. The third kappa shape index (κ3) is 6.27. The first-order valence-corrected chi connectivity index (χ1v) is 11.7. The molecule has 1 aliphatic heterocycles. The molecule has 0 aromatic heterocycles. The van der Waals surface area contributed by atoms with E-state index in [9.17, 15) is 19.5 Å². The quantitative estimate of drug-likeness (QED) is 0.541. The molecule has 1 saturated heterocycles. The first-order valence-electron chi connectivity index (χ1n) is 11.0. The number of hydrogen-bond acceptors (Lipinski definition) is 3. The normalized spacial score (nSPS) is 21.5. The third-order valence-corrected chi connectivity index (χ3v) is 6.63. The summed E-state index contributed by atoms with van der Waals surface area (Å²) in [7, 11) is 0. The second-order valence-electron chi connectivity index (χ2n) is 8.55. The van der Waals surface area contributed by atoms with Gasteiger partial charge in [-0.2, -0.15) is 0 Å². The van der Waals surface area contributed by atoms with Crippen LogP contribution >= 0.6 is 23.2 Å². The van der Waals surface area contributed by atoms with Crippen molar-refractivity contribution in [2.75, 3.05) is 6.54 Å². The topological polar surface area (TPSA) is 86.7 Å². The molecule has 1 heterocycles. The fourth-order valence-electron chi connectivity index (χ4n) is 4.66. The van der Waals surface area contributed by atoms with Crippen LogP contribution in [0.25, 0.3) is 0 Å². The Balaban J connectivity index is 2.07. The van der Waals surface area contributed by atoms with Gasteiger partial charge in [0.05, 0.1) is 12.5 Å². The molecule has 4 unspecified atom stereocenters. The molecule has 3 rings (SSSR count). The molecule has 33 heavy (non-hydrogen) atoms. The highest BCUT2D eigenvalue weighted by Crippen LogP contribution is 2.47. The number of carboxylic acid groups (broad SMARTS) is 1. The van der Waals surface area contributed by atoms with E-state index in [4.69, 9.17) is 23.2 Å². The lowest BCUT2D eigenvalue weighted by Crippen LogP contribution is -2.51. The lowest BCUT2D eigenvalue weighted by Gasteiger charge is -2.47. The Bertz CT molecular complexity index is 1010. The van der Waals surface area contributed by atoms with E-state index in [-0.39, 0.29) is 36.2 Å². The number of halogens is 2. The first kappa shape index (κ1) is 25.1. The average Bonchev–Trinajstić information content (AvgIpc) is 2.74. The van der Waals surface area contributed by atoms with E-state index in [1.165, 1.54) is 6.92 Å². The number of rotatable bonds is 8. The molecule has 4 atom stereocenters. The lowest BCUT2D eigenvalue weighted by molar-refractivity contribution is -0.152. The van der Waals surface area contributed by atoms with Gasteiger partial charge in [-0.3, -0.25) is 14.4 Å². The Labute approximate surface area is 203 Å². The van der Waals surface area contributed by atoms with Crippen molar-refractivity contribution in [1.82, 2.24) is 10.2 Å². The molecule has 0 radical (unpaired) electrons. The molecule has 1 fully saturated rings. The summed E-state index contributed by atoms with van der Waals surface area (Å²) in [5.74, 6) is -2.14. The monoisotopic (exact) mass is 490 g/mol. The zero-order valence-electron chi connectivity index (χ0n) is 18.6. The highest BCUT2D eigenvalue weighted by atomic mass is 35.5. The summed E-state index contributed by atoms with van der Waals surface area (Å²) in [5, 5.41) is 13.4. The van der Waals surface area contributed by atoms with Gasteiger partial charge < -0.3 is 15.3 Å². The number of benzene rings is 2. The van der Waals surface area contributed by atoms with E-state index in [1.807, 2.05) is 37.3 Å². The van der Waals surface area contributed by atoms with E-state index < -0.39 is 11.9 Å². The van der Waals surface area contributed by atoms with E-state index >= 15 is 0 Å². The maximum atomic E-state index is 13.6. The van der Waals surface area contributed by atoms with Crippen LogP contribution in [0.4, 0.5) is 0 Å². The van der Waals surface area contributed by atoms with Crippen molar-refractivity contribution in [2.45, 2.75) is 51.1 Å². The first-order chi connectivity index (χ1) is 15.7. The van der Waals surface area contributed by atoms with Gasteiger partial charge in [0.2, 0.25) is 11.8 Å². The molecule has 1 aliphatic rings. The van der Waals surface area contributed by atoms with Crippen molar-refractivity contribution >= 4 is 41.0 Å². The number of nitrogens with one attached hydrogen (secondary N) is 1. The molecule has 2 N–H and O–H groups in total. The second kappa shape index (κ2) is 11.0. The molecule has 6 nitrogen and oxygen atoms in total. The van der Waals surface area contributed by atoms with Gasteiger partial charge in [-0.05, 0) is 55.2 Å². The molecule has 176 valence electrons. The molecule has 0 bridgehead atoms. The van der Waals surface area contributed by atoms with Crippen LogP contribution in [0, 0.1) is 5.92 Å². The Morgan fingerprint density at radius 1 is 1.12 bits per heavy atom. The van der Waals surface area contributed by atoms with E-state index in [1.54, 1.807) is 23.1 Å². The molecule has 0 aliphatic carbocycles. The van der Waals surface area contributed by atoms with Crippen LogP contribution in [-0.4, -0.2) is 40.4 Å². The number of amides is 2. The predicted molar refractivity (Wildman–Crippen MR) is 128 cm³/mol.